The molecule has 124 valence electrons. The van der Waals surface area contributed by atoms with E-state index in [2.05, 4.69) is 9.72 Å². The van der Waals surface area contributed by atoms with Crippen LogP contribution in [0.1, 0.15) is 28.4 Å². The Balaban J connectivity index is 2.34. The molecular formula is C15H15F3N2O3. The molecule has 2 rings (SSSR count). The Morgan fingerprint density at radius 1 is 1.26 bits per heavy atom. The second-order valence-corrected chi connectivity index (χ2v) is 4.88. The van der Waals surface area contributed by atoms with Crippen LogP contribution in [0.15, 0.2) is 30.5 Å². The van der Waals surface area contributed by atoms with Gasteiger partial charge >= 0.3 is 6.36 Å². The number of aliphatic hydroxyl groups excluding tert-OH is 1. The first-order valence-electron chi connectivity index (χ1n) is 6.62. The van der Waals surface area contributed by atoms with Gasteiger partial charge in [-0.3, -0.25) is 4.98 Å². The molecule has 0 bridgehead atoms. The average molecular weight is 328 g/mol. The number of aryl methyl sites for hydroxylation is 1. The third-order valence-electron chi connectivity index (χ3n) is 3.31. The van der Waals surface area contributed by atoms with Gasteiger partial charge in [0.1, 0.15) is 11.5 Å². The minimum absolute atomic E-state index is 0.153. The highest BCUT2D eigenvalue weighted by Crippen LogP contribution is 2.33. The number of ether oxygens (including phenoxy) is 1. The van der Waals surface area contributed by atoms with Gasteiger partial charge in [0.2, 0.25) is 0 Å². The number of benzene rings is 1. The maximum Gasteiger partial charge on any atom is 0.573 e. The number of nitrogens with two attached hydrogens (primary N) is 1. The Kier molecular flexibility index (Phi) is 4.76. The highest BCUT2D eigenvalue weighted by Gasteiger charge is 2.31. The summed E-state index contributed by atoms with van der Waals surface area (Å²) in [5.74, 6) is -0.523. The summed E-state index contributed by atoms with van der Waals surface area (Å²) in [4.78, 5) is 3.93. The highest BCUT2D eigenvalue weighted by atomic mass is 19.4. The molecule has 1 atom stereocenters. The van der Waals surface area contributed by atoms with E-state index in [1.165, 1.54) is 18.3 Å². The third-order valence-corrected chi connectivity index (χ3v) is 3.31. The summed E-state index contributed by atoms with van der Waals surface area (Å²) in [5.41, 5.74) is 7.49. The summed E-state index contributed by atoms with van der Waals surface area (Å²) < 4.78 is 40.2. The van der Waals surface area contributed by atoms with Crippen LogP contribution in [0.4, 0.5) is 13.2 Å². The summed E-state index contributed by atoms with van der Waals surface area (Å²) in [6, 6.07) is 4.15. The highest BCUT2D eigenvalue weighted by molar-refractivity contribution is 5.47. The standard InChI is InChI=1S/C15H15F3N2O3/c1-8-14(22)12(10(7-21)6-20-8)13(19)9-2-4-11(5-3-9)23-15(16,17)18/h2-6,13,21-22H,7,19H2,1H3/t13-/m0/s1. The minimum atomic E-state index is -4.77. The van der Waals surface area contributed by atoms with Crippen molar-refractivity contribution in [2.45, 2.75) is 25.9 Å². The Bertz CT molecular complexity index is 688. The van der Waals surface area contributed by atoms with Crippen molar-refractivity contribution in [1.29, 1.82) is 0 Å². The molecule has 2 aromatic rings. The monoisotopic (exact) mass is 328 g/mol. The number of nitrogens with zero attached hydrogens (tertiary/aromatic N) is 1. The van der Waals surface area contributed by atoms with Crippen LogP contribution in [0.3, 0.4) is 0 Å². The average Bonchev–Trinajstić information content (AvgIpc) is 2.48. The Hall–Kier alpha value is -2.32. The predicted molar refractivity (Wildman–Crippen MR) is 75.7 cm³/mol. The quantitative estimate of drug-likeness (QED) is 0.803. The van der Waals surface area contributed by atoms with E-state index in [1.807, 2.05) is 0 Å². The summed E-state index contributed by atoms with van der Waals surface area (Å²) in [6.07, 6.45) is -3.38. The molecule has 5 nitrogen and oxygen atoms in total. The molecule has 0 saturated heterocycles. The van der Waals surface area contributed by atoms with E-state index in [4.69, 9.17) is 5.73 Å². The van der Waals surface area contributed by atoms with E-state index in [0.29, 0.717) is 16.8 Å². The van der Waals surface area contributed by atoms with E-state index >= 15 is 0 Å². The van der Waals surface area contributed by atoms with E-state index < -0.39 is 12.4 Å². The fourth-order valence-electron chi connectivity index (χ4n) is 2.17. The number of aromatic nitrogens is 1. The number of hydrogen-bond donors (Lipinski definition) is 3. The molecule has 0 fully saturated rings. The molecule has 0 radical (unpaired) electrons. The van der Waals surface area contributed by atoms with Gasteiger partial charge in [0.15, 0.2) is 0 Å². The lowest BCUT2D eigenvalue weighted by atomic mass is 9.95. The number of aliphatic hydroxyl groups is 1. The fourth-order valence-corrected chi connectivity index (χ4v) is 2.17. The summed E-state index contributed by atoms with van der Waals surface area (Å²) in [6.45, 7) is 1.20. The van der Waals surface area contributed by atoms with Crippen molar-refractivity contribution in [2.75, 3.05) is 0 Å². The van der Waals surface area contributed by atoms with Crippen LogP contribution in [-0.2, 0) is 6.61 Å². The molecule has 1 aromatic carbocycles. The molecule has 4 N–H and O–H groups in total. The van der Waals surface area contributed by atoms with Crippen LogP contribution >= 0.6 is 0 Å². The van der Waals surface area contributed by atoms with Gasteiger partial charge < -0.3 is 20.7 Å². The number of hydrogen-bond acceptors (Lipinski definition) is 5. The predicted octanol–water partition coefficient (Wildman–Crippen LogP) is 2.53. The molecule has 0 spiro atoms. The van der Waals surface area contributed by atoms with Gasteiger partial charge in [0, 0.05) is 17.3 Å². The first kappa shape index (κ1) is 17.0. The molecule has 0 amide bonds. The number of halogens is 3. The Morgan fingerprint density at radius 2 is 1.87 bits per heavy atom. The van der Waals surface area contributed by atoms with E-state index in [1.54, 1.807) is 6.92 Å². The van der Waals surface area contributed by atoms with Gasteiger partial charge in [-0.05, 0) is 24.6 Å². The number of rotatable bonds is 4. The van der Waals surface area contributed by atoms with Gasteiger partial charge in [-0.2, -0.15) is 0 Å². The maximum absolute atomic E-state index is 12.1. The molecule has 8 heteroatoms. The van der Waals surface area contributed by atoms with Crippen molar-refractivity contribution in [3.8, 4) is 11.5 Å². The van der Waals surface area contributed by atoms with Crippen LogP contribution in [0, 0.1) is 6.92 Å². The SMILES string of the molecule is Cc1ncc(CO)c([C@@H](N)c2ccc(OC(F)(F)F)cc2)c1O. The maximum atomic E-state index is 12.1. The van der Waals surface area contributed by atoms with Crippen LogP contribution in [0.2, 0.25) is 0 Å². The smallest absolute Gasteiger partial charge is 0.506 e. The molecule has 0 aliphatic carbocycles. The zero-order valence-corrected chi connectivity index (χ0v) is 12.1. The number of pyridine rings is 1. The first-order valence-corrected chi connectivity index (χ1v) is 6.62. The summed E-state index contributed by atoms with van der Waals surface area (Å²) >= 11 is 0. The van der Waals surface area contributed by atoms with Crippen LogP contribution in [-0.4, -0.2) is 21.6 Å². The van der Waals surface area contributed by atoms with E-state index in [0.717, 1.165) is 12.1 Å². The molecule has 0 saturated carbocycles. The zero-order valence-electron chi connectivity index (χ0n) is 12.1. The normalized spacial score (nSPS) is 13.0. The van der Waals surface area contributed by atoms with Crippen molar-refractivity contribution in [3.63, 3.8) is 0 Å². The second-order valence-electron chi connectivity index (χ2n) is 4.88. The molecule has 0 aliphatic heterocycles. The molecule has 0 unspecified atom stereocenters. The Morgan fingerprint density at radius 3 is 2.39 bits per heavy atom. The van der Waals surface area contributed by atoms with Crippen LogP contribution in [0.25, 0.3) is 0 Å². The lowest BCUT2D eigenvalue weighted by molar-refractivity contribution is -0.274. The second kappa shape index (κ2) is 6.43. The zero-order chi connectivity index (χ0) is 17.2. The number of aromatic hydroxyl groups is 1. The van der Waals surface area contributed by atoms with Crippen molar-refractivity contribution >= 4 is 0 Å². The van der Waals surface area contributed by atoms with Gasteiger partial charge in [0.05, 0.1) is 18.3 Å². The third kappa shape index (κ3) is 3.91. The van der Waals surface area contributed by atoms with Crippen molar-refractivity contribution in [2.24, 2.45) is 5.73 Å². The molecule has 1 aromatic heterocycles. The lowest BCUT2D eigenvalue weighted by Crippen LogP contribution is -2.18. The molecular weight excluding hydrogens is 313 g/mol. The fraction of sp³-hybridized carbons (Fsp3) is 0.267. The van der Waals surface area contributed by atoms with Gasteiger partial charge in [0.25, 0.3) is 0 Å². The first-order chi connectivity index (χ1) is 10.7. The number of alkyl halides is 3. The van der Waals surface area contributed by atoms with Gasteiger partial charge in [-0.15, -0.1) is 13.2 Å². The largest absolute Gasteiger partial charge is 0.573 e. The lowest BCUT2D eigenvalue weighted by Gasteiger charge is -2.19. The van der Waals surface area contributed by atoms with Crippen molar-refractivity contribution in [3.05, 3.63) is 52.8 Å². The van der Waals surface area contributed by atoms with Gasteiger partial charge in [-0.25, -0.2) is 0 Å². The van der Waals surface area contributed by atoms with E-state index in [9.17, 15) is 23.4 Å². The van der Waals surface area contributed by atoms with Gasteiger partial charge in [-0.1, -0.05) is 12.1 Å². The Labute approximate surface area is 130 Å². The van der Waals surface area contributed by atoms with E-state index in [-0.39, 0.29) is 23.7 Å². The van der Waals surface area contributed by atoms with Crippen molar-refractivity contribution in [1.82, 2.24) is 4.98 Å². The topological polar surface area (TPSA) is 88.6 Å². The minimum Gasteiger partial charge on any atom is -0.506 e. The van der Waals surface area contributed by atoms with Crippen LogP contribution < -0.4 is 10.5 Å². The van der Waals surface area contributed by atoms with Crippen LogP contribution in [0.5, 0.6) is 11.5 Å². The molecule has 1 heterocycles. The summed E-state index contributed by atoms with van der Waals surface area (Å²) in [7, 11) is 0. The summed E-state index contributed by atoms with van der Waals surface area (Å²) in [5, 5.41) is 19.5. The molecule has 23 heavy (non-hydrogen) atoms. The molecule has 0 aliphatic rings. The van der Waals surface area contributed by atoms with Crippen molar-refractivity contribution < 1.29 is 28.1 Å².